The van der Waals surface area contributed by atoms with E-state index in [9.17, 15) is 0 Å². The molecule has 1 heteroatoms. The van der Waals surface area contributed by atoms with E-state index in [4.69, 9.17) is 0 Å². The molecule has 1 nitrogen and oxygen atoms in total. The molecule has 0 amide bonds. The van der Waals surface area contributed by atoms with Crippen LogP contribution >= 0.6 is 0 Å². The van der Waals surface area contributed by atoms with E-state index in [1.165, 1.54) is 22.3 Å². The van der Waals surface area contributed by atoms with Gasteiger partial charge in [-0.3, -0.25) is 0 Å². The van der Waals surface area contributed by atoms with Crippen molar-refractivity contribution in [3.63, 3.8) is 0 Å². The molecule has 0 saturated heterocycles. The van der Waals surface area contributed by atoms with Gasteiger partial charge < -0.3 is 5.32 Å². The third-order valence-electron chi connectivity index (χ3n) is 4.08. The van der Waals surface area contributed by atoms with Crippen molar-refractivity contribution in [2.24, 2.45) is 0 Å². The lowest BCUT2D eigenvalue weighted by Crippen LogP contribution is -2.32. The van der Waals surface area contributed by atoms with Crippen molar-refractivity contribution >= 4 is 0 Å². The van der Waals surface area contributed by atoms with Gasteiger partial charge in [-0.2, -0.15) is 0 Å². The average Bonchev–Trinajstić information content (AvgIpc) is 2.80. The second-order valence-electron chi connectivity index (χ2n) is 5.68. The number of hydrogen-bond acceptors (Lipinski definition) is 1. The molecule has 1 aliphatic carbocycles. The summed E-state index contributed by atoms with van der Waals surface area (Å²) >= 11 is 0. The molecule has 19 heavy (non-hydrogen) atoms. The van der Waals surface area contributed by atoms with Gasteiger partial charge in [0.15, 0.2) is 0 Å². The molecule has 2 aromatic rings. The smallest absolute Gasteiger partial charge is 0.0294 e. The molecule has 0 saturated carbocycles. The molecule has 0 fully saturated rings. The monoisotopic (exact) mass is 251 g/mol. The Morgan fingerprint density at radius 1 is 1.00 bits per heavy atom. The minimum atomic E-state index is 0.416. The van der Waals surface area contributed by atoms with E-state index in [0.717, 1.165) is 12.8 Å². The highest BCUT2D eigenvalue weighted by atomic mass is 14.9. The third-order valence-corrected chi connectivity index (χ3v) is 4.08. The highest BCUT2D eigenvalue weighted by molar-refractivity contribution is 5.33. The van der Waals surface area contributed by atoms with Gasteiger partial charge in [0, 0.05) is 12.1 Å². The summed E-state index contributed by atoms with van der Waals surface area (Å²) in [6.45, 7) is 4.42. The molecule has 1 N–H and O–H groups in total. The van der Waals surface area contributed by atoms with E-state index in [-0.39, 0.29) is 0 Å². The molecule has 2 aromatic carbocycles. The van der Waals surface area contributed by atoms with Gasteiger partial charge >= 0.3 is 0 Å². The number of rotatable bonds is 3. The fraction of sp³-hybridized carbons (Fsp3) is 0.333. The first-order valence-corrected chi connectivity index (χ1v) is 7.12. The topological polar surface area (TPSA) is 12.0 Å². The Morgan fingerprint density at radius 3 is 2.32 bits per heavy atom. The molecule has 0 spiro atoms. The van der Waals surface area contributed by atoms with Crippen molar-refractivity contribution in [1.82, 2.24) is 5.32 Å². The normalized spacial score (nSPS) is 16.3. The highest BCUT2D eigenvalue weighted by Crippen LogP contribution is 2.24. The first kappa shape index (κ1) is 12.4. The van der Waals surface area contributed by atoms with Crippen LogP contribution in [0.1, 0.15) is 35.2 Å². The summed E-state index contributed by atoms with van der Waals surface area (Å²) in [5.41, 5.74) is 5.74. The van der Waals surface area contributed by atoms with Gasteiger partial charge in [0.2, 0.25) is 0 Å². The summed E-state index contributed by atoms with van der Waals surface area (Å²) < 4.78 is 0. The maximum atomic E-state index is 3.77. The molecule has 0 radical (unpaired) electrons. The lowest BCUT2D eigenvalue weighted by Gasteiger charge is -2.20. The predicted molar refractivity (Wildman–Crippen MR) is 80.4 cm³/mol. The SMILES string of the molecule is Cc1cccc(C(C)NC2Cc3ccccc3C2)c1. The van der Waals surface area contributed by atoms with Crippen LogP contribution in [0.2, 0.25) is 0 Å². The number of benzene rings is 2. The van der Waals surface area contributed by atoms with E-state index in [1.54, 1.807) is 0 Å². The van der Waals surface area contributed by atoms with E-state index in [2.05, 4.69) is 67.7 Å². The van der Waals surface area contributed by atoms with Gasteiger partial charge in [-0.15, -0.1) is 0 Å². The van der Waals surface area contributed by atoms with Crippen LogP contribution in [0.15, 0.2) is 48.5 Å². The Labute approximate surface area is 115 Å². The van der Waals surface area contributed by atoms with E-state index in [0.29, 0.717) is 12.1 Å². The molecule has 1 aliphatic rings. The van der Waals surface area contributed by atoms with Crippen molar-refractivity contribution in [2.45, 2.75) is 38.8 Å². The van der Waals surface area contributed by atoms with E-state index >= 15 is 0 Å². The molecule has 0 bridgehead atoms. The summed E-state index contributed by atoms with van der Waals surface area (Å²) in [7, 11) is 0. The Balaban J connectivity index is 1.67. The van der Waals surface area contributed by atoms with Gasteiger partial charge in [-0.05, 0) is 43.4 Å². The van der Waals surface area contributed by atoms with Gasteiger partial charge in [0.1, 0.15) is 0 Å². The predicted octanol–water partition coefficient (Wildman–Crippen LogP) is 3.81. The first-order chi connectivity index (χ1) is 9.22. The molecule has 0 heterocycles. The second-order valence-corrected chi connectivity index (χ2v) is 5.68. The molecule has 3 rings (SSSR count). The summed E-state index contributed by atoms with van der Waals surface area (Å²) in [5, 5.41) is 3.77. The zero-order valence-corrected chi connectivity index (χ0v) is 11.7. The standard InChI is InChI=1S/C18H21N/c1-13-6-5-9-15(10-13)14(2)19-18-11-16-7-3-4-8-17(16)12-18/h3-10,14,18-19H,11-12H2,1-2H3. The summed E-state index contributed by atoms with van der Waals surface area (Å²) in [5.74, 6) is 0. The Kier molecular flexibility index (Phi) is 3.39. The summed E-state index contributed by atoms with van der Waals surface area (Å²) in [6.07, 6.45) is 2.32. The van der Waals surface area contributed by atoms with Crippen molar-refractivity contribution in [3.8, 4) is 0 Å². The molecule has 1 atom stereocenters. The number of aryl methyl sites for hydroxylation is 1. The van der Waals surface area contributed by atoms with Crippen LogP contribution < -0.4 is 5.32 Å². The first-order valence-electron chi connectivity index (χ1n) is 7.12. The maximum Gasteiger partial charge on any atom is 0.0294 e. The van der Waals surface area contributed by atoms with Crippen LogP contribution in [-0.2, 0) is 12.8 Å². The lowest BCUT2D eigenvalue weighted by molar-refractivity contribution is 0.467. The quantitative estimate of drug-likeness (QED) is 0.874. The Morgan fingerprint density at radius 2 is 1.68 bits per heavy atom. The fourth-order valence-corrected chi connectivity index (χ4v) is 3.07. The molecule has 0 aromatic heterocycles. The van der Waals surface area contributed by atoms with Crippen molar-refractivity contribution in [1.29, 1.82) is 0 Å². The molecule has 0 aliphatic heterocycles. The van der Waals surface area contributed by atoms with Crippen molar-refractivity contribution in [3.05, 3.63) is 70.8 Å². The van der Waals surface area contributed by atoms with Gasteiger partial charge in [-0.1, -0.05) is 54.1 Å². The minimum Gasteiger partial charge on any atom is -0.307 e. The zero-order valence-electron chi connectivity index (χ0n) is 11.7. The van der Waals surface area contributed by atoms with Crippen LogP contribution in [0.5, 0.6) is 0 Å². The lowest BCUT2D eigenvalue weighted by atomic mass is 10.0. The number of fused-ring (bicyclic) bond motifs is 1. The summed E-state index contributed by atoms with van der Waals surface area (Å²) in [4.78, 5) is 0. The highest BCUT2D eigenvalue weighted by Gasteiger charge is 2.22. The molecular weight excluding hydrogens is 230 g/mol. The van der Waals surface area contributed by atoms with Gasteiger partial charge in [-0.25, -0.2) is 0 Å². The van der Waals surface area contributed by atoms with Crippen molar-refractivity contribution in [2.75, 3.05) is 0 Å². The van der Waals surface area contributed by atoms with Gasteiger partial charge in [0.25, 0.3) is 0 Å². The van der Waals surface area contributed by atoms with Crippen LogP contribution in [0.25, 0.3) is 0 Å². The maximum absolute atomic E-state index is 3.77. The van der Waals surface area contributed by atoms with Crippen LogP contribution in [0.4, 0.5) is 0 Å². The Bertz CT molecular complexity index is 548. The number of hydrogen-bond donors (Lipinski definition) is 1. The zero-order chi connectivity index (χ0) is 13.2. The minimum absolute atomic E-state index is 0.416. The van der Waals surface area contributed by atoms with Gasteiger partial charge in [0.05, 0.1) is 0 Å². The summed E-state index contributed by atoms with van der Waals surface area (Å²) in [6, 6.07) is 18.6. The molecule has 1 unspecified atom stereocenters. The van der Waals surface area contributed by atoms with Crippen molar-refractivity contribution < 1.29 is 0 Å². The number of nitrogens with one attached hydrogen (secondary N) is 1. The van der Waals surface area contributed by atoms with E-state index in [1.807, 2.05) is 0 Å². The Hall–Kier alpha value is -1.60. The second kappa shape index (κ2) is 5.18. The average molecular weight is 251 g/mol. The fourth-order valence-electron chi connectivity index (χ4n) is 3.07. The van der Waals surface area contributed by atoms with Crippen LogP contribution in [-0.4, -0.2) is 6.04 Å². The third kappa shape index (κ3) is 2.71. The molecule has 98 valence electrons. The van der Waals surface area contributed by atoms with Crippen LogP contribution in [0.3, 0.4) is 0 Å². The van der Waals surface area contributed by atoms with Crippen LogP contribution in [0, 0.1) is 6.92 Å². The van der Waals surface area contributed by atoms with E-state index < -0.39 is 0 Å². The molecular formula is C18H21N. The largest absolute Gasteiger partial charge is 0.307 e.